The molecule has 118 valence electrons. The molecule has 0 aromatic heterocycles. The molecule has 1 fully saturated rings. The number of likely N-dealkylation sites (N-methyl/N-ethyl adjacent to an activating group) is 1. The van der Waals surface area contributed by atoms with E-state index in [1.807, 2.05) is 12.1 Å². The van der Waals surface area contributed by atoms with Gasteiger partial charge in [0, 0.05) is 12.1 Å². The summed E-state index contributed by atoms with van der Waals surface area (Å²) < 4.78 is 20.3. The SMILES string of the molecule is CCNCC(OC1CCCC(CC)C1)c1ccccc1F. The van der Waals surface area contributed by atoms with E-state index in [9.17, 15) is 4.39 Å². The first-order chi connectivity index (χ1) is 10.2. The summed E-state index contributed by atoms with van der Waals surface area (Å²) in [5.74, 6) is 0.604. The molecule has 0 heterocycles. The van der Waals surface area contributed by atoms with Crippen LogP contribution in [0, 0.1) is 11.7 Å². The predicted octanol–water partition coefficient (Wildman–Crippen LogP) is 4.46. The second-order valence-corrected chi connectivity index (χ2v) is 6.02. The third-order valence-corrected chi connectivity index (χ3v) is 4.50. The first-order valence-corrected chi connectivity index (χ1v) is 8.35. The Morgan fingerprint density at radius 1 is 1.29 bits per heavy atom. The van der Waals surface area contributed by atoms with Gasteiger partial charge >= 0.3 is 0 Å². The Balaban J connectivity index is 2.04. The second kappa shape index (κ2) is 8.50. The van der Waals surface area contributed by atoms with Gasteiger partial charge in [-0.15, -0.1) is 0 Å². The Bertz CT molecular complexity index is 423. The van der Waals surface area contributed by atoms with Crippen LogP contribution in [0.4, 0.5) is 4.39 Å². The van der Waals surface area contributed by atoms with Crippen LogP contribution in [-0.2, 0) is 4.74 Å². The van der Waals surface area contributed by atoms with Crippen LogP contribution < -0.4 is 5.32 Å². The van der Waals surface area contributed by atoms with Gasteiger partial charge in [0.15, 0.2) is 0 Å². The number of benzene rings is 1. The van der Waals surface area contributed by atoms with Gasteiger partial charge in [-0.05, 0) is 31.4 Å². The Morgan fingerprint density at radius 2 is 2.10 bits per heavy atom. The van der Waals surface area contributed by atoms with Crippen LogP contribution in [0.5, 0.6) is 0 Å². The highest BCUT2D eigenvalue weighted by Gasteiger charge is 2.25. The lowest BCUT2D eigenvalue weighted by molar-refractivity contribution is -0.0426. The van der Waals surface area contributed by atoms with E-state index >= 15 is 0 Å². The first-order valence-electron chi connectivity index (χ1n) is 8.35. The van der Waals surface area contributed by atoms with Crippen molar-refractivity contribution in [1.29, 1.82) is 0 Å². The molecular weight excluding hydrogens is 265 g/mol. The molecular formula is C18H28FNO. The standard InChI is InChI=1S/C18H28FNO/c1-3-14-8-7-9-15(12-14)21-18(13-20-4-2)16-10-5-6-11-17(16)19/h5-6,10-11,14-15,18,20H,3-4,7-9,12-13H2,1-2H3. The fourth-order valence-corrected chi connectivity index (χ4v) is 3.21. The van der Waals surface area contributed by atoms with Crippen molar-refractivity contribution in [3.8, 4) is 0 Å². The molecule has 0 aliphatic heterocycles. The van der Waals surface area contributed by atoms with Gasteiger partial charge in [-0.25, -0.2) is 4.39 Å². The highest BCUT2D eigenvalue weighted by atomic mass is 19.1. The number of nitrogens with one attached hydrogen (secondary N) is 1. The highest BCUT2D eigenvalue weighted by Crippen LogP contribution is 2.32. The van der Waals surface area contributed by atoms with E-state index in [0.29, 0.717) is 12.1 Å². The van der Waals surface area contributed by atoms with Gasteiger partial charge < -0.3 is 10.1 Å². The number of halogens is 1. The van der Waals surface area contributed by atoms with Crippen molar-refractivity contribution < 1.29 is 9.13 Å². The maximum Gasteiger partial charge on any atom is 0.129 e. The van der Waals surface area contributed by atoms with Gasteiger partial charge in [-0.3, -0.25) is 0 Å². The van der Waals surface area contributed by atoms with E-state index < -0.39 is 0 Å². The van der Waals surface area contributed by atoms with E-state index in [-0.39, 0.29) is 18.0 Å². The molecule has 1 aromatic rings. The Hall–Kier alpha value is -0.930. The Labute approximate surface area is 128 Å². The second-order valence-electron chi connectivity index (χ2n) is 6.02. The summed E-state index contributed by atoms with van der Waals surface area (Å²) >= 11 is 0. The first kappa shape index (κ1) is 16.4. The maximum atomic E-state index is 14.1. The van der Waals surface area contributed by atoms with Crippen molar-refractivity contribution in [2.24, 2.45) is 5.92 Å². The Morgan fingerprint density at radius 3 is 2.81 bits per heavy atom. The highest BCUT2D eigenvalue weighted by molar-refractivity contribution is 5.20. The summed E-state index contributed by atoms with van der Waals surface area (Å²) in [7, 11) is 0. The number of hydrogen-bond donors (Lipinski definition) is 1. The van der Waals surface area contributed by atoms with Crippen molar-refractivity contribution in [2.75, 3.05) is 13.1 Å². The lowest BCUT2D eigenvalue weighted by atomic mass is 9.85. The van der Waals surface area contributed by atoms with Crippen LogP contribution in [0.1, 0.15) is 57.6 Å². The van der Waals surface area contributed by atoms with Gasteiger partial charge in [-0.1, -0.05) is 51.3 Å². The average Bonchev–Trinajstić information content (AvgIpc) is 2.52. The van der Waals surface area contributed by atoms with Crippen molar-refractivity contribution in [2.45, 2.75) is 58.2 Å². The van der Waals surface area contributed by atoms with Crippen LogP contribution >= 0.6 is 0 Å². The fourth-order valence-electron chi connectivity index (χ4n) is 3.21. The monoisotopic (exact) mass is 293 g/mol. The van der Waals surface area contributed by atoms with Gasteiger partial charge in [-0.2, -0.15) is 0 Å². The lowest BCUT2D eigenvalue weighted by Gasteiger charge is -2.32. The minimum absolute atomic E-state index is 0.164. The third-order valence-electron chi connectivity index (χ3n) is 4.50. The smallest absolute Gasteiger partial charge is 0.129 e. The summed E-state index contributed by atoms with van der Waals surface area (Å²) in [6.07, 6.45) is 6.07. The van der Waals surface area contributed by atoms with Crippen LogP contribution in [0.2, 0.25) is 0 Å². The predicted molar refractivity (Wildman–Crippen MR) is 84.8 cm³/mol. The van der Waals surface area contributed by atoms with E-state index in [1.165, 1.54) is 25.3 Å². The molecule has 21 heavy (non-hydrogen) atoms. The van der Waals surface area contributed by atoms with Gasteiger partial charge in [0.2, 0.25) is 0 Å². The number of hydrogen-bond acceptors (Lipinski definition) is 2. The van der Waals surface area contributed by atoms with Crippen molar-refractivity contribution >= 4 is 0 Å². The van der Waals surface area contributed by atoms with Gasteiger partial charge in [0.05, 0.1) is 12.2 Å². The van der Waals surface area contributed by atoms with Crippen molar-refractivity contribution in [1.82, 2.24) is 5.32 Å². The lowest BCUT2D eigenvalue weighted by Crippen LogP contribution is -2.30. The quantitative estimate of drug-likeness (QED) is 0.801. The molecule has 0 saturated heterocycles. The zero-order chi connectivity index (χ0) is 15.1. The van der Waals surface area contributed by atoms with Crippen LogP contribution in [0.25, 0.3) is 0 Å². The summed E-state index contributed by atoms with van der Waals surface area (Å²) in [6.45, 7) is 5.85. The normalized spacial score (nSPS) is 24.0. The molecule has 0 bridgehead atoms. The molecule has 1 N–H and O–H groups in total. The minimum atomic E-state index is -0.188. The van der Waals surface area contributed by atoms with Crippen molar-refractivity contribution in [3.05, 3.63) is 35.6 Å². The minimum Gasteiger partial charge on any atom is -0.369 e. The third kappa shape index (κ3) is 4.79. The molecule has 3 atom stereocenters. The number of rotatable bonds is 7. The van der Waals surface area contributed by atoms with E-state index in [2.05, 4.69) is 19.2 Å². The van der Waals surface area contributed by atoms with E-state index in [1.54, 1.807) is 6.07 Å². The van der Waals surface area contributed by atoms with Crippen LogP contribution in [-0.4, -0.2) is 19.2 Å². The van der Waals surface area contributed by atoms with Gasteiger partial charge in [0.1, 0.15) is 5.82 Å². The molecule has 2 nitrogen and oxygen atoms in total. The topological polar surface area (TPSA) is 21.3 Å². The maximum absolute atomic E-state index is 14.1. The summed E-state index contributed by atoms with van der Waals surface area (Å²) in [5.41, 5.74) is 0.678. The fraction of sp³-hybridized carbons (Fsp3) is 0.667. The summed E-state index contributed by atoms with van der Waals surface area (Å²) in [5, 5.41) is 3.30. The largest absolute Gasteiger partial charge is 0.369 e. The van der Waals surface area contributed by atoms with Crippen LogP contribution in [0.15, 0.2) is 24.3 Å². The zero-order valence-corrected chi connectivity index (χ0v) is 13.3. The molecule has 0 amide bonds. The molecule has 1 aromatic carbocycles. The molecule has 0 radical (unpaired) electrons. The van der Waals surface area contributed by atoms with Crippen LogP contribution in [0.3, 0.4) is 0 Å². The molecule has 0 spiro atoms. The van der Waals surface area contributed by atoms with Crippen molar-refractivity contribution in [3.63, 3.8) is 0 Å². The molecule has 3 heteroatoms. The summed E-state index contributed by atoms with van der Waals surface area (Å²) in [6, 6.07) is 6.98. The van der Waals surface area contributed by atoms with E-state index in [4.69, 9.17) is 4.74 Å². The molecule has 3 unspecified atom stereocenters. The average molecular weight is 293 g/mol. The summed E-state index contributed by atoms with van der Waals surface area (Å²) in [4.78, 5) is 0. The van der Waals surface area contributed by atoms with E-state index in [0.717, 1.165) is 25.3 Å². The number of ether oxygens (including phenoxy) is 1. The molecule has 1 aliphatic carbocycles. The Kier molecular flexibility index (Phi) is 6.65. The van der Waals surface area contributed by atoms with Gasteiger partial charge in [0.25, 0.3) is 0 Å². The molecule has 1 saturated carbocycles. The zero-order valence-electron chi connectivity index (χ0n) is 13.3. The molecule has 2 rings (SSSR count). The molecule has 1 aliphatic rings.